The van der Waals surface area contributed by atoms with Crippen LogP contribution < -0.4 is 5.32 Å². The van der Waals surface area contributed by atoms with E-state index in [1.807, 2.05) is 67.6 Å². The van der Waals surface area contributed by atoms with Gasteiger partial charge >= 0.3 is 0 Å². The van der Waals surface area contributed by atoms with Crippen LogP contribution in [0.5, 0.6) is 0 Å². The lowest BCUT2D eigenvalue weighted by atomic mass is 9.88. The third-order valence-electron chi connectivity index (χ3n) is 6.02. The Morgan fingerprint density at radius 3 is 2.09 bits per heavy atom. The van der Waals surface area contributed by atoms with Gasteiger partial charge in [0.2, 0.25) is 11.8 Å². The molecule has 0 saturated heterocycles. The second kappa shape index (κ2) is 13.1. The number of carbonyl (C=O) groups excluding carboxylic acids is 2. The lowest BCUT2D eigenvalue weighted by molar-refractivity contribution is -0.140. The second-order valence-electron chi connectivity index (χ2n) is 8.55. The maximum Gasteiger partial charge on any atom is 0.242 e. The summed E-state index contributed by atoms with van der Waals surface area (Å²) in [6, 6.07) is 27.5. The highest BCUT2D eigenvalue weighted by Gasteiger charge is 2.29. The molecule has 0 unspecified atom stereocenters. The van der Waals surface area contributed by atoms with Gasteiger partial charge in [0, 0.05) is 29.9 Å². The Labute approximate surface area is 211 Å². The zero-order valence-corrected chi connectivity index (χ0v) is 21.5. The van der Waals surface area contributed by atoms with Gasteiger partial charge in [-0.15, -0.1) is 0 Å². The zero-order chi connectivity index (χ0) is 24.3. The highest BCUT2D eigenvalue weighted by Crippen LogP contribution is 2.29. The molecule has 34 heavy (non-hydrogen) atoms. The molecule has 178 valence electrons. The molecule has 3 rings (SSSR count). The van der Waals surface area contributed by atoms with Crippen LogP contribution in [0.2, 0.25) is 0 Å². The van der Waals surface area contributed by atoms with Gasteiger partial charge in [0.15, 0.2) is 0 Å². The fourth-order valence-electron chi connectivity index (χ4n) is 4.04. The topological polar surface area (TPSA) is 49.4 Å². The molecule has 1 N–H and O–H groups in total. The summed E-state index contributed by atoms with van der Waals surface area (Å²) in [5.74, 6) is -0.251. The predicted octanol–water partition coefficient (Wildman–Crippen LogP) is 6.30. The van der Waals surface area contributed by atoms with Gasteiger partial charge in [-0.1, -0.05) is 102 Å². The number of halogens is 1. The molecule has 4 nitrogen and oxygen atoms in total. The SMILES string of the molecule is CCCCNC(=O)[C@@H](C)N(Cc1cccc(Br)c1)C(=O)CC(c1ccccc1)c1ccccc1. The molecule has 0 aromatic heterocycles. The van der Waals surface area contributed by atoms with Gasteiger partial charge in [0.25, 0.3) is 0 Å². The third-order valence-corrected chi connectivity index (χ3v) is 6.51. The molecule has 3 aromatic carbocycles. The van der Waals surface area contributed by atoms with Crippen molar-refractivity contribution in [2.75, 3.05) is 6.54 Å². The van der Waals surface area contributed by atoms with Crippen LogP contribution in [0.15, 0.2) is 89.4 Å². The molecular weight excluding hydrogens is 488 g/mol. The lowest BCUT2D eigenvalue weighted by Gasteiger charge is -2.30. The molecule has 0 fully saturated rings. The summed E-state index contributed by atoms with van der Waals surface area (Å²) in [6.45, 7) is 4.90. The number of benzene rings is 3. The molecule has 0 spiro atoms. The van der Waals surface area contributed by atoms with Crippen LogP contribution in [0.25, 0.3) is 0 Å². The van der Waals surface area contributed by atoms with Crippen LogP contribution in [0.4, 0.5) is 0 Å². The Morgan fingerprint density at radius 2 is 1.53 bits per heavy atom. The molecule has 0 heterocycles. The number of nitrogens with one attached hydrogen (secondary N) is 1. The molecule has 0 aliphatic heterocycles. The molecule has 0 saturated carbocycles. The smallest absolute Gasteiger partial charge is 0.242 e. The summed E-state index contributed by atoms with van der Waals surface area (Å²) >= 11 is 3.52. The number of hydrogen-bond donors (Lipinski definition) is 1. The van der Waals surface area contributed by atoms with Crippen molar-refractivity contribution in [1.29, 1.82) is 0 Å². The van der Waals surface area contributed by atoms with E-state index in [1.165, 1.54) is 0 Å². The fourth-order valence-corrected chi connectivity index (χ4v) is 4.49. The Balaban J connectivity index is 1.88. The minimum atomic E-state index is -0.574. The number of rotatable bonds is 11. The largest absolute Gasteiger partial charge is 0.354 e. The van der Waals surface area contributed by atoms with E-state index in [4.69, 9.17) is 0 Å². The lowest BCUT2D eigenvalue weighted by Crippen LogP contribution is -2.48. The van der Waals surface area contributed by atoms with Crippen molar-refractivity contribution in [3.63, 3.8) is 0 Å². The van der Waals surface area contributed by atoms with Crippen molar-refractivity contribution in [3.05, 3.63) is 106 Å². The van der Waals surface area contributed by atoms with Crippen molar-refractivity contribution in [2.45, 2.75) is 51.6 Å². The highest BCUT2D eigenvalue weighted by atomic mass is 79.9. The molecule has 0 radical (unpaired) electrons. The highest BCUT2D eigenvalue weighted by molar-refractivity contribution is 9.10. The van der Waals surface area contributed by atoms with Crippen molar-refractivity contribution < 1.29 is 9.59 Å². The standard InChI is InChI=1S/C29H33BrN2O2/c1-3-4-18-31-29(34)22(2)32(21-23-12-11-17-26(30)19-23)28(33)20-27(24-13-7-5-8-14-24)25-15-9-6-10-16-25/h5-17,19,22,27H,3-4,18,20-21H2,1-2H3,(H,31,34)/t22-/m1/s1. The molecule has 1 atom stereocenters. The van der Waals surface area contributed by atoms with Crippen molar-refractivity contribution in [1.82, 2.24) is 10.2 Å². The first-order valence-electron chi connectivity index (χ1n) is 11.9. The quantitative estimate of drug-likeness (QED) is 0.301. The first-order valence-corrected chi connectivity index (χ1v) is 12.7. The van der Waals surface area contributed by atoms with E-state index in [1.54, 1.807) is 4.90 Å². The monoisotopic (exact) mass is 520 g/mol. The van der Waals surface area contributed by atoms with Crippen LogP contribution in [-0.4, -0.2) is 29.3 Å². The maximum atomic E-state index is 13.8. The number of carbonyl (C=O) groups is 2. The Hall–Kier alpha value is -2.92. The first kappa shape index (κ1) is 25.7. The van der Waals surface area contributed by atoms with E-state index in [-0.39, 0.29) is 24.2 Å². The molecule has 0 aliphatic carbocycles. The van der Waals surface area contributed by atoms with Gasteiger partial charge in [0.05, 0.1) is 0 Å². The third kappa shape index (κ3) is 7.29. The molecule has 0 bridgehead atoms. The molecular formula is C29H33BrN2O2. The van der Waals surface area contributed by atoms with Crippen LogP contribution in [0, 0.1) is 0 Å². The van der Waals surface area contributed by atoms with E-state index >= 15 is 0 Å². The molecule has 0 aliphatic rings. The maximum absolute atomic E-state index is 13.8. The normalized spacial score (nSPS) is 11.8. The minimum Gasteiger partial charge on any atom is -0.354 e. The average Bonchev–Trinajstić information content (AvgIpc) is 2.86. The summed E-state index contributed by atoms with van der Waals surface area (Å²) in [4.78, 5) is 28.4. The Bertz CT molecular complexity index is 1020. The van der Waals surface area contributed by atoms with Gasteiger partial charge in [0.1, 0.15) is 6.04 Å². The zero-order valence-electron chi connectivity index (χ0n) is 19.9. The number of unbranched alkanes of at least 4 members (excludes halogenated alkanes) is 1. The Morgan fingerprint density at radius 1 is 0.912 bits per heavy atom. The second-order valence-corrected chi connectivity index (χ2v) is 9.47. The molecule has 3 aromatic rings. The minimum absolute atomic E-state index is 0.0455. The van der Waals surface area contributed by atoms with Gasteiger partial charge in [-0.3, -0.25) is 9.59 Å². The number of hydrogen-bond acceptors (Lipinski definition) is 2. The van der Waals surface area contributed by atoms with Gasteiger partial charge < -0.3 is 10.2 Å². The van der Waals surface area contributed by atoms with Gasteiger partial charge in [-0.05, 0) is 42.2 Å². The first-order chi connectivity index (χ1) is 16.5. The van der Waals surface area contributed by atoms with Crippen LogP contribution in [-0.2, 0) is 16.1 Å². The predicted molar refractivity (Wildman–Crippen MR) is 141 cm³/mol. The van der Waals surface area contributed by atoms with Crippen molar-refractivity contribution >= 4 is 27.7 Å². The number of nitrogens with zero attached hydrogens (tertiary/aromatic N) is 1. The van der Waals surface area contributed by atoms with Crippen LogP contribution in [0.3, 0.4) is 0 Å². The summed E-state index contributed by atoms with van der Waals surface area (Å²) in [6.07, 6.45) is 2.21. The Kier molecular flexibility index (Phi) is 9.89. The van der Waals surface area contributed by atoms with E-state index < -0.39 is 6.04 Å². The molecule has 2 amide bonds. The summed E-state index contributed by atoms with van der Waals surface area (Å²) in [5, 5.41) is 2.99. The van der Waals surface area contributed by atoms with E-state index in [0.29, 0.717) is 13.1 Å². The number of amides is 2. The van der Waals surface area contributed by atoms with E-state index in [0.717, 1.165) is 34.0 Å². The molecule has 5 heteroatoms. The van der Waals surface area contributed by atoms with Gasteiger partial charge in [-0.2, -0.15) is 0 Å². The van der Waals surface area contributed by atoms with Crippen molar-refractivity contribution in [2.24, 2.45) is 0 Å². The summed E-state index contributed by atoms with van der Waals surface area (Å²) in [5.41, 5.74) is 3.15. The van der Waals surface area contributed by atoms with Crippen LogP contribution >= 0.6 is 15.9 Å². The van der Waals surface area contributed by atoms with E-state index in [2.05, 4.69) is 52.4 Å². The summed E-state index contributed by atoms with van der Waals surface area (Å²) < 4.78 is 0.948. The summed E-state index contributed by atoms with van der Waals surface area (Å²) in [7, 11) is 0. The average molecular weight is 521 g/mol. The van der Waals surface area contributed by atoms with Gasteiger partial charge in [-0.25, -0.2) is 0 Å². The van der Waals surface area contributed by atoms with Crippen LogP contribution in [0.1, 0.15) is 55.7 Å². The van der Waals surface area contributed by atoms with E-state index in [9.17, 15) is 9.59 Å². The fraction of sp³-hybridized carbons (Fsp3) is 0.310. The van der Waals surface area contributed by atoms with Crippen molar-refractivity contribution in [3.8, 4) is 0 Å².